The van der Waals surface area contributed by atoms with Crippen molar-refractivity contribution in [2.24, 2.45) is 0 Å². The second-order valence-corrected chi connectivity index (χ2v) is 4.13. The topological polar surface area (TPSA) is 55.8 Å². The third-order valence-electron chi connectivity index (χ3n) is 2.72. The SMILES string of the molecule is CCOc1ccccc1OC(C(=O)O)c1ccccc1. The van der Waals surface area contributed by atoms with Crippen LogP contribution in [0, 0.1) is 0 Å². The number of hydrogen-bond donors (Lipinski definition) is 1. The molecule has 2 rings (SSSR count). The molecule has 0 fully saturated rings. The van der Waals surface area contributed by atoms with Crippen molar-refractivity contribution in [3.8, 4) is 11.5 Å². The Labute approximate surface area is 117 Å². The van der Waals surface area contributed by atoms with Crippen molar-refractivity contribution in [2.45, 2.75) is 13.0 Å². The van der Waals surface area contributed by atoms with Gasteiger partial charge in [-0.2, -0.15) is 0 Å². The largest absolute Gasteiger partial charge is 0.490 e. The second kappa shape index (κ2) is 6.61. The maximum absolute atomic E-state index is 11.4. The van der Waals surface area contributed by atoms with E-state index in [-0.39, 0.29) is 0 Å². The maximum atomic E-state index is 11.4. The number of rotatable bonds is 6. The fraction of sp³-hybridized carbons (Fsp3) is 0.188. The predicted molar refractivity (Wildman–Crippen MR) is 75.1 cm³/mol. The minimum Gasteiger partial charge on any atom is -0.490 e. The molecule has 0 bridgehead atoms. The van der Waals surface area contributed by atoms with Crippen molar-refractivity contribution in [3.05, 3.63) is 60.2 Å². The fourth-order valence-corrected chi connectivity index (χ4v) is 1.84. The van der Waals surface area contributed by atoms with Gasteiger partial charge in [0.2, 0.25) is 6.10 Å². The Morgan fingerprint density at radius 2 is 1.65 bits per heavy atom. The Balaban J connectivity index is 2.28. The van der Waals surface area contributed by atoms with Crippen LogP contribution >= 0.6 is 0 Å². The molecule has 1 unspecified atom stereocenters. The first-order chi connectivity index (χ1) is 9.72. The Morgan fingerprint density at radius 3 is 2.25 bits per heavy atom. The standard InChI is InChI=1S/C16H16O4/c1-2-19-13-10-6-7-11-14(13)20-15(16(17)18)12-8-4-3-5-9-12/h3-11,15H,2H2,1H3,(H,17,18). The van der Waals surface area contributed by atoms with E-state index < -0.39 is 12.1 Å². The molecular formula is C16H16O4. The number of carbonyl (C=O) groups is 1. The van der Waals surface area contributed by atoms with E-state index in [0.29, 0.717) is 23.7 Å². The number of carboxylic acids is 1. The molecule has 1 N–H and O–H groups in total. The summed E-state index contributed by atoms with van der Waals surface area (Å²) in [7, 11) is 0. The van der Waals surface area contributed by atoms with E-state index in [2.05, 4.69) is 0 Å². The zero-order valence-corrected chi connectivity index (χ0v) is 11.2. The van der Waals surface area contributed by atoms with E-state index in [1.165, 1.54) is 0 Å². The van der Waals surface area contributed by atoms with Crippen molar-refractivity contribution < 1.29 is 19.4 Å². The highest BCUT2D eigenvalue weighted by molar-refractivity contribution is 5.75. The quantitative estimate of drug-likeness (QED) is 0.876. The van der Waals surface area contributed by atoms with Gasteiger partial charge in [0.15, 0.2) is 11.5 Å². The smallest absolute Gasteiger partial charge is 0.349 e. The lowest BCUT2D eigenvalue weighted by atomic mass is 10.1. The summed E-state index contributed by atoms with van der Waals surface area (Å²) >= 11 is 0. The van der Waals surface area contributed by atoms with E-state index in [9.17, 15) is 9.90 Å². The summed E-state index contributed by atoms with van der Waals surface area (Å²) in [5.41, 5.74) is 0.589. The minimum atomic E-state index is -1.06. The summed E-state index contributed by atoms with van der Waals surface area (Å²) in [5, 5.41) is 9.34. The van der Waals surface area contributed by atoms with Crippen LogP contribution in [0.25, 0.3) is 0 Å². The zero-order valence-electron chi connectivity index (χ0n) is 11.2. The summed E-state index contributed by atoms with van der Waals surface area (Å²) in [5.74, 6) is -0.0784. The number of hydrogen-bond acceptors (Lipinski definition) is 3. The lowest BCUT2D eigenvalue weighted by Gasteiger charge is -2.17. The maximum Gasteiger partial charge on any atom is 0.349 e. The average molecular weight is 272 g/mol. The molecule has 0 amide bonds. The minimum absolute atomic E-state index is 0.422. The van der Waals surface area contributed by atoms with Gasteiger partial charge in [-0.05, 0) is 19.1 Å². The van der Waals surface area contributed by atoms with Gasteiger partial charge in [-0.15, -0.1) is 0 Å². The molecule has 4 nitrogen and oxygen atoms in total. The van der Waals surface area contributed by atoms with Crippen molar-refractivity contribution in [3.63, 3.8) is 0 Å². The van der Waals surface area contributed by atoms with E-state index in [1.54, 1.807) is 42.5 Å². The van der Waals surface area contributed by atoms with Gasteiger partial charge in [-0.25, -0.2) is 4.79 Å². The molecule has 0 saturated carbocycles. The molecule has 0 aliphatic rings. The van der Waals surface area contributed by atoms with Gasteiger partial charge in [-0.1, -0.05) is 42.5 Å². The lowest BCUT2D eigenvalue weighted by molar-refractivity contribution is -0.145. The van der Waals surface area contributed by atoms with Crippen LogP contribution in [0.3, 0.4) is 0 Å². The molecule has 2 aromatic carbocycles. The molecule has 0 aliphatic carbocycles. The van der Waals surface area contributed by atoms with Gasteiger partial charge >= 0.3 is 5.97 Å². The van der Waals surface area contributed by atoms with Gasteiger partial charge < -0.3 is 14.6 Å². The molecule has 20 heavy (non-hydrogen) atoms. The molecular weight excluding hydrogens is 256 g/mol. The van der Waals surface area contributed by atoms with Crippen molar-refractivity contribution in [1.29, 1.82) is 0 Å². The molecule has 104 valence electrons. The molecule has 2 aromatic rings. The van der Waals surface area contributed by atoms with Crippen molar-refractivity contribution >= 4 is 5.97 Å². The Kier molecular flexibility index (Phi) is 4.60. The number of aliphatic carboxylic acids is 1. The number of ether oxygens (including phenoxy) is 2. The van der Waals surface area contributed by atoms with Gasteiger partial charge in [0.25, 0.3) is 0 Å². The molecule has 4 heteroatoms. The lowest BCUT2D eigenvalue weighted by Crippen LogP contribution is -2.18. The van der Waals surface area contributed by atoms with Crippen LogP contribution in [-0.4, -0.2) is 17.7 Å². The van der Waals surface area contributed by atoms with Crippen LogP contribution in [0.2, 0.25) is 0 Å². The third-order valence-corrected chi connectivity index (χ3v) is 2.72. The number of benzene rings is 2. The first kappa shape index (κ1) is 13.9. The number of carboxylic acid groups (broad SMARTS) is 1. The van der Waals surface area contributed by atoms with Crippen LogP contribution in [0.5, 0.6) is 11.5 Å². The average Bonchev–Trinajstić information content (AvgIpc) is 2.47. The second-order valence-electron chi connectivity index (χ2n) is 4.13. The molecule has 0 aliphatic heterocycles. The first-order valence-corrected chi connectivity index (χ1v) is 6.38. The first-order valence-electron chi connectivity index (χ1n) is 6.38. The van der Waals surface area contributed by atoms with E-state index >= 15 is 0 Å². The van der Waals surface area contributed by atoms with Crippen LogP contribution in [0.1, 0.15) is 18.6 Å². The molecule has 0 saturated heterocycles. The highest BCUT2D eigenvalue weighted by Gasteiger charge is 2.22. The van der Waals surface area contributed by atoms with Crippen LogP contribution in [0.15, 0.2) is 54.6 Å². The molecule has 0 aromatic heterocycles. The van der Waals surface area contributed by atoms with E-state index in [1.807, 2.05) is 19.1 Å². The molecule has 0 radical (unpaired) electrons. The summed E-state index contributed by atoms with van der Waals surface area (Å²) < 4.78 is 11.1. The van der Waals surface area contributed by atoms with Crippen molar-refractivity contribution in [1.82, 2.24) is 0 Å². The monoisotopic (exact) mass is 272 g/mol. The molecule has 0 heterocycles. The van der Waals surface area contributed by atoms with Crippen LogP contribution in [0.4, 0.5) is 0 Å². The van der Waals surface area contributed by atoms with Crippen LogP contribution < -0.4 is 9.47 Å². The molecule has 1 atom stereocenters. The Morgan fingerprint density at radius 1 is 1.05 bits per heavy atom. The van der Waals surface area contributed by atoms with Crippen LogP contribution in [-0.2, 0) is 4.79 Å². The van der Waals surface area contributed by atoms with Gasteiger partial charge in [0, 0.05) is 5.56 Å². The van der Waals surface area contributed by atoms with Gasteiger partial charge in [0.05, 0.1) is 6.61 Å². The zero-order chi connectivity index (χ0) is 14.4. The Hall–Kier alpha value is -2.49. The van der Waals surface area contributed by atoms with Gasteiger partial charge in [-0.3, -0.25) is 0 Å². The summed E-state index contributed by atoms with van der Waals surface area (Å²) in [6.07, 6.45) is -1.06. The highest BCUT2D eigenvalue weighted by Crippen LogP contribution is 2.31. The summed E-state index contributed by atoms with van der Waals surface area (Å²) in [4.78, 5) is 11.4. The normalized spacial score (nSPS) is 11.7. The van der Waals surface area contributed by atoms with Crippen molar-refractivity contribution in [2.75, 3.05) is 6.61 Å². The highest BCUT2D eigenvalue weighted by atomic mass is 16.5. The summed E-state index contributed by atoms with van der Waals surface area (Å²) in [6.45, 7) is 2.35. The third kappa shape index (κ3) is 3.29. The molecule has 0 spiro atoms. The Bertz CT molecular complexity index is 566. The summed E-state index contributed by atoms with van der Waals surface area (Å²) in [6, 6.07) is 15.9. The fourth-order valence-electron chi connectivity index (χ4n) is 1.84. The predicted octanol–water partition coefficient (Wildman–Crippen LogP) is 3.29. The van der Waals surface area contributed by atoms with E-state index in [4.69, 9.17) is 9.47 Å². The number of para-hydroxylation sites is 2. The van der Waals surface area contributed by atoms with Gasteiger partial charge in [0.1, 0.15) is 0 Å². The van der Waals surface area contributed by atoms with E-state index in [0.717, 1.165) is 0 Å².